The highest BCUT2D eigenvalue weighted by Gasteiger charge is 2.60. The second-order valence-corrected chi connectivity index (χ2v) is 29.0. The molecule has 28 N–H and O–H groups in total. The molecule has 9 aliphatic rings. The summed E-state index contributed by atoms with van der Waals surface area (Å²) in [4.78, 5) is 63.2. The van der Waals surface area contributed by atoms with E-state index >= 15 is 0 Å². The normalized spacial score (nSPS) is 48.2. The van der Waals surface area contributed by atoms with Crippen LogP contribution >= 0.6 is 0 Å². The zero-order valence-corrected chi connectivity index (χ0v) is 61.9. The summed E-state index contributed by atoms with van der Waals surface area (Å²) < 4.78 is 102. The zero-order chi connectivity index (χ0) is 84.1. The highest BCUT2D eigenvalue weighted by molar-refractivity contribution is 5.75. The second-order valence-electron chi connectivity index (χ2n) is 29.0. The predicted molar refractivity (Wildman–Crippen MR) is 354 cm³/mol. The third-order valence-electron chi connectivity index (χ3n) is 20.7. The van der Waals surface area contributed by atoms with Crippen LogP contribution in [0.2, 0.25) is 0 Å². The van der Waals surface area contributed by atoms with Gasteiger partial charge in [0.05, 0.1) is 59.0 Å². The van der Waals surface area contributed by atoms with Gasteiger partial charge in [0.1, 0.15) is 213 Å². The Morgan fingerprint density at radius 1 is 0.246 bits per heavy atom. The number of amides is 5. The lowest BCUT2D eigenvalue weighted by atomic mass is 9.93. The molecule has 5 amide bonds. The Hall–Kier alpha value is -4.25. The molecule has 114 heavy (non-hydrogen) atoms. The van der Waals surface area contributed by atoms with Crippen LogP contribution in [0.5, 0.6) is 0 Å². The first-order valence-electron chi connectivity index (χ1n) is 36.5. The molecule has 9 aliphatic heterocycles. The molecule has 0 aliphatic carbocycles. The first kappa shape index (κ1) is 93.6. The highest BCUT2D eigenvalue weighted by atomic mass is 16.8. The lowest BCUT2D eigenvalue weighted by Gasteiger charge is -2.51. The molecular formula is C64H107N5O45. The molecule has 9 saturated heterocycles. The molecule has 0 spiro atoms. The number of hydrogen-bond donors (Lipinski definition) is 28. The molecule has 50 heteroatoms. The first-order valence-corrected chi connectivity index (χ1v) is 36.5. The molecule has 1 unspecified atom stereocenters. The van der Waals surface area contributed by atoms with Crippen molar-refractivity contribution in [2.24, 2.45) is 0 Å². The smallest absolute Gasteiger partial charge is 0.217 e. The van der Waals surface area contributed by atoms with E-state index in [0.717, 1.165) is 34.6 Å². The molecule has 0 bridgehead atoms. The summed E-state index contributed by atoms with van der Waals surface area (Å²) in [6, 6.07) is -8.98. The van der Waals surface area contributed by atoms with Gasteiger partial charge in [-0.2, -0.15) is 0 Å². The molecule has 0 aromatic rings. The summed E-state index contributed by atoms with van der Waals surface area (Å²) in [6.45, 7) is -2.21. The fourth-order valence-electron chi connectivity index (χ4n) is 14.6. The van der Waals surface area contributed by atoms with Crippen LogP contribution in [-0.2, 0) is 104 Å². The molecule has 45 atom stereocenters. The van der Waals surface area contributed by atoms with E-state index in [1.807, 2.05) is 0 Å². The molecule has 9 fully saturated rings. The van der Waals surface area contributed by atoms with Crippen LogP contribution in [0, 0.1) is 0 Å². The molecule has 50 nitrogen and oxygen atoms in total. The topological polar surface area (TPSA) is 768 Å². The van der Waals surface area contributed by atoms with Gasteiger partial charge in [0.15, 0.2) is 56.6 Å². The second kappa shape index (κ2) is 40.9. The fourth-order valence-corrected chi connectivity index (χ4v) is 14.6. The van der Waals surface area contributed by atoms with Crippen molar-refractivity contribution < 1.29 is 222 Å². The van der Waals surface area contributed by atoms with Crippen molar-refractivity contribution >= 4 is 29.5 Å². The maximum atomic E-state index is 13.2. The van der Waals surface area contributed by atoms with Crippen LogP contribution in [0.15, 0.2) is 0 Å². The Morgan fingerprint density at radius 3 is 1.02 bits per heavy atom. The maximum absolute atomic E-state index is 13.2. The van der Waals surface area contributed by atoms with Gasteiger partial charge in [-0.3, -0.25) is 24.0 Å². The minimum atomic E-state index is -2.58. The van der Waals surface area contributed by atoms with Crippen LogP contribution in [0.4, 0.5) is 0 Å². The van der Waals surface area contributed by atoms with E-state index in [1.54, 1.807) is 0 Å². The first-order chi connectivity index (χ1) is 53.8. The monoisotopic (exact) mass is 1670 g/mol. The van der Waals surface area contributed by atoms with Gasteiger partial charge < -0.3 is 225 Å². The van der Waals surface area contributed by atoms with E-state index in [4.69, 9.17) is 80.5 Å². The Labute approximate surface area is 646 Å². The van der Waals surface area contributed by atoms with Crippen LogP contribution in [0.25, 0.3) is 0 Å². The van der Waals surface area contributed by atoms with Crippen molar-refractivity contribution in [2.45, 2.75) is 318 Å². The van der Waals surface area contributed by atoms with Gasteiger partial charge in [0.2, 0.25) is 29.5 Å². The number of ether oxygens (including phenoxy) is 17. The number of aliphatic hydroxyl groups is 23. The molecule has 0 aromatic carbocycles. The third-order valence-corrected chi connectivity index (χ3v) is 20.7. The number of rotatable bonds is 29. The molecule has 0 radical (unpaired) electrons. The molecule has 9 heterocycles. The maximum Gasteiger partial charge on any atom is 0.217 e. The number of carbonyl (C=O) groups is 5. The van der Waals surface area contributed by atoms with Gasteiger partial charge in [-0.05, 0) is 6.92 Å². The van der Waals surface area contributed by atoms with Crippen molar-refractivity contribution in [2.75, 3.05) is 52.9 Å². The summed E-state index contributed by atoms with van der Waals surface area (Å²) in [5.41, 5.74) is 0. The average molecular weight is 1670 g/mol. The largest absolute Gasteiger partial charge is 0.394 e. The lowest BCUT2D eigenvalue weighted by molar-refractivity contribution is -0.396. The van der Waals surface area contributed by atoms with Gasteiger partial charge >= 0.3 is 0 Å². The van der Waals surface area contributed by atoms with Crippen LogP contribution in [0.3, 0.4) is 0 Å². The van der Waals surface area contributed by atoms with Gasteiger partial charge in [-0.1, -0.05) is 0 Å². The quantitative estimate of drug-likeness (QED) is 0.0331. The van der Waals surface area contributed by atoms with Crippen LogP contribution in [-0.4, -0.2) is 476 Å². The standard InChI is InChI=1S/C64H107N5O45/c1-15-34(80)46(92)49(95)61(101-15)99-14-28-52(44(90)29(56(97)102-28)65-16(2)75)110-60-33(69-20(6)79)45(91)51(25(11-74)107-60)111-62-50(96)53(112-64-55(47(93)38(84)24(10-73)106-64)114-59-32(68-19(5)78)43(89)37(83)23(9-72)105-59)40(86)27(108-62)13-100-63-54(113-58-31(67-18(4)77)42(88)36(82)22(8-71)104-58)48(94)39(85)26(109-63)12-98-57-30(66-17(3)76)41(87)35(81)21(7-70)103-57/h15,21-64,70-74,80-97H,7-14H2,1-6H3,(H,65,75)(H,66,76)(H,67,77)(H,68,78)(H,69,79)/t15-,21+,22+,23+,24+,25+,26+,27+,28+,29+,30+,31+,32+,33+,34+,35+,36+,37+,38+,39+,40+,41+,42+,43+,44+,45+,46+,47-,48-,49-,50-,51+,52+,53-,54-,55-,56?,57+,58-,59-,60-,61+,62-,63-,64+/m0/s1. The Morgan fingerprint density at radius 2 is 0.553 bits per heavy atom. The molecule has 0 saturated carbocycles. The van der Waals surface area contributed by atoms with E-state index in [-0.39, 0.29) is 0 Å². The van der Waals surface area contributed by atoms with Gasteiger partial charge in [-0.25, -0.2) is 0 Å². The van der Waals surface area contributed by atoms with Crippen molar-refractivity contribution in [3.8, 4) is 0 Å². The Bertz CT molecular complexity index is 3080. The minimum Gasteiger partial charge on any atom is -0.394 e. The molecule has 0 aromatic heterocycles. The van der Waals surface area contributed by atoms with E-state index in [9.17, 15) is 141 Å². The van der Waals surface area contributed by atoms with Gasteiger partial charge in [0, 0.05) is 34.6 Å². The summed E-state index contributed by atoms with van der Waals surface area (Å²) in [6.07, 6.45) is -81.5. The summed E-state index contributed by atoms with van der Waals surface area (Å²) in [7, 11) is 0. The van der Waals surface area contributed by atoms with E-state index in [2.05, 4.69) is 26.6 Å². The number of hydrogen-bond acceptors (Lipinski definition) is 45. The van der Waals surface area contributed by atoms with E-state index in [0.29, 0.717) is 0 Å². The highest BCUT2D eigenvalue weighted by Crippen LogP contribution is 2.39. The van der Waals surface area contributed by atoms with E-state index in [1.165, 1.54) is 6.92 Å². The summed E-state index contributed by atoms with van der Waals surface area (Å²) in [5.74, 6) is -4.37. The number of nitrogens with one attached hydrogen (secondary N) is 5. The fraction of sp³-hybridized carbons (Fsp3) is 0.922. The third kappa shape index (κ3) is 21.2. The predicted octanol–water partition coefficient (Wildman–Crippen LogP) is -18.9. The van der Waals surface area contributed by atoms with Crippen LogP contribution < -0.4 is 26.6 Å². The zero-order valence-electron chi connectivity index (χ0n) is 61.9. The van der Waals surface area contributed by atoms with Crippen molar-refractivity contribution in [3.05, 3.63) is 0 Å². The molecule has 658 valence electrons. The van der Waals surface area contributed by atoms with Crippen LogP contribution in [0.1, 0.15) is 41.5 Å². The van der Waals surface area contributed by atoms with Crippen molar-refractivity contribution in [1.82, 2.24) is 26.6 Å². The molecular weight excluding hydrogens is 1560 g/mol. The van der Waals surface area contributed by atoms with E-state index < -0.39 is 358 Å². The molecule has 9 rings (SSSR count). The minimum absolute atomic E-state index is 0.797. The lowest BCUT2D eigenvalue weighted by Crippen LogP contribution is -2.71. The number of aliphatic hydroxyl groups excluding tert-OH is 23. The van der Waals surface area contributed by atoms with Gasteiger partial charge in [0.25, 0.3) is 0 Å². The van der Waals surface area contributed by atoms with Crippen molar-refractivity contribution in [1.29, 1.82) is 0 Å². The summed E-state index contributed by atoms with van der Waals surface area (Å²) in [5, 5.41) is 270. The Balaban J connectivity index is 1.08. The average Bonchev–Trinajstić information content (AvgIpc) is 0.769. The SMILES string of the molecule is CC(=O)N[C@H]1[C@H](O[C@H]2[C@H](O)[C@@H](NC(C)=O)C(O)O[C@@H]2CO[C@@H]2O[C@@H](C)[C@@H](O)[C@@H](O)[C@@H]2O)O[C@H](CO)[C@@H](O[C@@H]2O[C@H](CO[C@H]3O[C@H](CO[C@@H]4O[C@H](CO)[C@@H](O)[C@H](O)[C@H]4NC(C)=O)[C@@H](O)[C@H](O)[C@@H]3O[C@@H]3O[C@H](CO)[C@@H](O)[C@H](O)[C@H]3NC(C)=O)[C@@H](O)[C@H](O[C@H]3O[C@H](CO)[C@@H](O)[C@H](O)[C@@H]3O[C@@H]3O[C@H](CO)[C@@H](O)[C@H](O)[C@H]3NC(C)=O)[C@@H]2O)[C@@H]1O. The van der Waals surface area contributed by atoms with Crippen molar-refractivity contribution in [3.63, 3.8) is 0 Å². The Kier molecular flexibility index (Phi) is 33.6. The van der Waals surface area contributed by atoms with Gasteiger partial charge in [-0.15, -0.1) is 0 Å². The number of carbonyl (C=O) groups excluding carboxylic acids is 5. The summed E-state index contributed by atoms with van der Waals surface area (Å²) >= 11 is 0.